The number of nitrogens with zero attached hydrogens (tertiary/aromatic N) is 3. The van der Waals surface area contributed by atoms with Gasteiger partial charge in [0.2, 0.25) is 0 Å². The van der Waals surface area contributed by atoms with Crippen molar-refractivity contribution in [2.24, 2.45) is 4.99 Å². The third kappa shape index (κ3) is 2.20. The largest absolute Gasteiger partial charge is 0.393 e. The fourth-order valence-electron chi connectivity index (χ4n) is 2.15. The van der Waals surface area contributed by atoms with Crippen LogP contribution >= 0.6 is 0 Å². The van der Waals surface area contributed by atoms with Crippen LogP contribution in [0.25, 0.3) is 0 Å². The molecule has 0 spiro atoms. The summed E-state index contributed by atoms with van der Waals surface area (Å²) in [6.07, 6.45) is -1.58. The van der Waals surface area contributed by atoms with Gasteiger partial charge in [-0.3, -0.25) is 9.56 Å². The van der Waals surface area contributed by atoms with Gasteiger partial charge in [-0.15, -0.1) is 0 Å². The number of nitrogen functional groups attached to an aromatic ring is 1. The highest BCUT2D eigenvalue weighted by atomic mass is 16.6. The minimum Gasteiger partial charge on any atom is -0.393 e. The molecule has 2 heterocycles. The number of rotatable bonds is 3. The monoisotopic (exact) mass is 284 g/mol. The van der Waals surface area contributed by atoms with Crippen molar-refractivity contribution in [3.05, 3.63) is 22.7 Å². The molecule has 0 aromatic carbocycles. The quantitative estimate of drug-likeness (QED) is 0.449. The van der Waals surface area contributed by atoms with Crippen LogP contribution in [-0.4, -0.2) is 62.5 Å². The van der Waals surface area contributed by atoms with E-state index in [1.165, 1.54) is 25.5 Å². The zero-order valence-corrected chi connectivity index (χ0v) is 10.7. The summed E-state index contributed by atoms with van der Waals surface area (Å²) in [5, 5.41) is 29.5. The summed E-state index contributed by atoms with van der Waals surface area (Å²) in [4.78, 5) is 19.0. The average Bonchev–Trinajstić information content (AvgIpc) is 2.65. The molecule has 0 unspecified atom stereocenters. The van der Waals surface area contributed by atoms with Crippen molar-refractivity contribution in [1.82, 2.24) is 9.55 Å². The third-order valence-corrected chi connectivity index (χ3v) is 3.18. The number of ether oxygens (including phenoxy) is 1. The van der Waals surface area contributed by atoms with Crippen LogP contribution in [0.3, 0.4) is 0 Å². The molecule has 110 valence electrons. The molecular formula is C11H16N4O5. The molecule has 0 radical (unpaired) electrons. The zero-order chi connectivity index (χ0) is 14.9. The molecule has 9 nitrogen and oxygen atoms in total. The fraction of sp³-hybridized carbons (Fsp3) is 0.545. The van der Waals surface area contributed by atoms with Crippen LogP contribution in [0.1, 0.15) is 6.23 Å². The maximum atomic E-state index is 11.7. The van der Waals surface area contributed by atoms with Gasteiger partial charge in [0.1, 0.15) is 18.0 Å². The predicted molar refractivity (Wildman–Crippen MR) is 69.3 cm³/mol. The van der Waals surface area contributed by atoms with E-state index in [-0.39, 0.29) is 5.82 Å². The Kier molecular flexibility index (Phi) is 3.86. The summed E-state index contributed by atoms with van der Waals surface area (Å²) < 4.78 is 6.44. The van der Waals surface area contributed by atoms with Crippen molar-refractivity contribution in [3.63, 3.8) is 0 Å². The lowest BCUT2D eigenvalue weighted by Gasteiger charge is -2.25. The minimum atomic E-state index is -1.57. The number of anilines is 1. The van der Waals surface area contributed by atoms with Crippen molar-refractivity contribution in [3.8, 4) is 0 Å². The van der Waals surface area contributed by atoms with Gasteiger partial charge in [-0.05, 0) is 6.07 Å². The highest BCUT2D eigenvalue weighted by Gasteiger charge is 2.54. The SMILES string of the molecule is C/N=C/[C@]1(CO)O[C@@H](n2ccc(N)nc2=O)[C@H](O)[C@@H]1O. The molecular weight excluding hydrogens is 268 g/mol. The Balaban J connectivity index is 2.42. The first kappa shape index (κ1) is 14.6. The van der Waals surface area contributed by atoms with Crippen molar-refractivity contribution in [2.45, 2.75) is 24.0 Å². The van der Waals surface area contributed by atoms with Crippen LogP contribution in [0.4, 0.5) is 5.82 Å². The summed E-state index contributed by atoms with van der Waals surface area (Å²) in [5.41, 5.74) is 3.07. The zero-order valence-electron chi connectivity index (χ0n) is 10.7. The summed E-state index contributed by atoms with van der Waals surface area (Å²) in [6, 6.07) is 1.36. The molecule has 0 bridgehead atoms. The van der Waals surface area contributed by atoms with Gasteiger partial charge in [-0.2, -0.15) is 4.98 Å². The number of hydrogen-bond donors (Lipinski definition) is 4. The third-order valence-electron chi connectivity index (χ3n) is 3.18. The molecule has 1 aliphatic heterocycles. The van der Waals surface area contributed by atoms with E-state index in [1.807, 2.05) is 0 Å². The summed E-state index contributed by atoms with van der Waals surface area (Å²) >= 11 is 0. The Bertz CT molecular complexity index is 574. The highest BCUT2D eigenvalue weighted by molar-refractivity contribution is 5.70. The lowest BCUT2D eigenvalue weighted by Crippen LogP contribution is -2.47. The van der Waals surface area contributed by atoms with E-state index in [2.05, 4.69) is 9.98 Å². The standard InChI is InChI=1S/C11H16N4O5/c1-13-4-11(5-16)8(18)7(17)9(20-11)15-3-2-6(12)14-10(15)19/h2-4,7-9,16-18H,5H2,1H3,(H2,12,14,19)/b13-4+/t7-,8+,9-,11-/m1/s1. The van der Waals surface area contributed by atoms with Crippen LogP contribution in [0, 0.1) is 0 Å². The molecule has 20 heavy (non-hydrogen) atoms. The maximum absolute atomic E-state index is 11.7. The fourth-order valence-corrected chi connectivity index (χ4v) is 2.15. The van der Waals surface area contributed by atoms with Crippen LogP contribution in [-0.2, 0) is 4.74 Å². The minimum absolute atomic E-state index is 0.0304. The van der Waals surface area contributed by atoms with Gasteiger partial charge in [0.15, 0.2) is 11.8 Å². The van der Waals surface area contributed by atoms with Gasteiger partial charge in [0.05, 0.1) is 6.61 Å². The Hall–Kier alpha value is -1.81. The molecule has 1 aromatic heterocycles. The molecule has 9 heteroatoms. The second-order valence-electron chi connectivity index (χ2n) is 4.49. The second kappa shape index (κ2) is 5.29. The van der Waals surface area contributed by atoms with Crippen LogP contribution in [0.5, 0.6) is 0 Å². The van der Waals surface area contributed by atoms with Gasteiger partial charge >= 0.3 is 5.69 Å². The van der Waals surface area contributed by atoms with Crippen LogP contribution in [0.15, 0.2) is 22.1 Å². The van der Waals surface area contributed by atoms with Crippen molar-refractivity contribution in [1.29, 1.82) is 0 Å². The molecule has 1 aliphatic rings. The molecule has 1 fully saturated rings. The van der Waals surface area contributed by atoms with Crippen molar-refractivity contribution in [2.75, 3.05) is 19.4 Å². The first-order valence-electron chi connectivity index (χ1n) is 5.88. The second-order valence-corrected chi connectivity index (χ2v) is 4.49. The predicted octanol–water partition coefficient (Wildman–Crippen LogP) is -2.49. The summed E-state index contributed by atoms with van der Waals surface area (Å²) in [5.74, 6) is 0.0304. The van der Waals surface area contributed by atoms with E-state index in [4.69, 9.17) is 10.5 Å². The number of aliphatic hydroxyl groups excluding tert-OH is 3. The maximum Gasteiger partial charge on any atom is 0.351 e. The average molecular weight is 284 g/mol. The molecule has 0 aliphatic carbocycles. The molecule has 0 saturated carbocycles. The van der Waals surface area contributed by atoms with Gasteiger partial charge in [-0.25, -0.2) is 4.79 Å². The van der Waals surface area contributed by atoms with Crippen molar-refractivity contribution >= 4 is 12.0 Å². The number of nitrogens with two attached hydrogens (primary N) is 1. The van der Waals surface area contributed by atoms with E-state index in [0.29, 0.717) is 0 Å². The Morgan fingerprint density at radius 3 is 2.90 bits per heavy atom. The van der Waals surface area contributed by atoms with Crippen LogP contribution < -0.4 is 11.4 Å². The normalized spacial score (nSPS) is 33.9. The van der Waals surface area contributed by atoms with Gasteiger partial charge in [0.25, 0.3) is 0 Å². The van der Waals surface area contributed by atoms with E-state index < -0.39 is 36.3 Å². The number of hydrogen-bond acceptors (Lipinski definition) is 8. The number of aliphatic imine (C=N–C) groups is 1. The summed E-state index contributed by atoms with van der Waals surface area (Å²) in [7, 11) is 1.43. The molecule has 0 amide bonds. The Labute approximate surface area is 114 Å². The lowest BCUT2D eigenvalue weighted by atomic mass is 9.97. The van der Waals surface area contributed by atoms with E-state index in [0.717, 1.165) is 4.57 Å². The first-order valence-corrected chi connectivity index (χ1v) is 5.88. The van der Waals surface area contributed by atoms with E-state index in [9.17, 15) is 20.1 Å². The highest BCUT2D eigenvalue weighted by Crippen LogP contribution is 2.35. The Morgan fingerprint density at radius 2 is 2.35 bits per heavy atom. The number of aliphatic hydroxyl groups is 3. The topological polar surface area (TPSA) is 143 Å². The smallest absolute Gasteiger partial charge is 0.351 e. The Morgan fingerprint density at radius 1 is 1.65 bits per heavy atom. The van der Waals surface area contributed by atoms with Gasteiger partial charge < -0.3 is 25.8 Å². The molecule has 4 atom stereocenters. The molecule has 1 aromatic rings. The first-order chi connectivity index (χ1) is 9.45. The summed E-state index contributed by atoms with van der Waals surface area (Å²) in [6.45, 7) is -0.601. The van der Waals surface area contributed by atoms with E-state index >= 15 is 0 Å². The number of aromatic nitrogens is 2. The van der Waals surface area contributed by atoms with Crippen LogP contribution in [0.2, 0.25) is 0 Å². The molecule has 2 rings (SSSR count). The van der Waals surface area contributed by atoms with E-state index in [1.54, 1.807) is 0 Å². The molecule has 5 N–H and O–H groups in total. The molecule has 1 saturated heterocycles. The lowest BCUT2D eigenvalue weighted by molar-refractivity contribution is -0.0847. The van der Waals surface area contributed by atoms with Gasteiger partial charge in [0, 0.05) is 19.5 Å². The van der Waals surface area contributed by atoms with Crippen molar-refractivity contribution < 1.29 is 20.1 Å². The van der Waals surface area contributed by atoms with Gasteiger partial charge in [-0.1, -0.05) is 0 Å².